The van der Waals surface area contributed by atoms with Gasteiger partial charge in [0.2, 0.25) is 0 Å². The van der Waals surface area contributed by atoms with Crippen LogP contribution in [0.15, 0.2) is 60.7 Å². The van der Waals surface area contributed by atoms with Crippen LogP contribution in [-0.2, 0) is 0 Å². The highest BCUT2D eigenvalue weighted by molar-refractivity contribution is 5.89. The van der Waals surface area contributed by atoms with Crippen molar-refractivity contribution in [2.75, 3.05) is 36.4 Å². The summed E-state index contributed by atoms with van der Waals surface area (Å²) in [4.78, 5) is 16.7. The maximum absolute atomic E-state index is 12.5. The minimum atomic E-state index is -0.107. The number of piperazine rings is 1. The monoisotopic (exact) mass is 361 g/mol. The Kier molecular flexibility index (Phi) is 4.78. The molecule has 27 heavy (non-hydrogen) atoms. The number of aromatic nitrogens is 2. The zero-order valence-electron chi connectivity index (χ0n) is 15.4. The molecule has 3 aromatic rings. The highest BCUT2D eigenvalue weighted by Gasteiger charge is 2.21. The first kappa shape index (κ1) is 17.1. The fourth-order valence-corrected chi connectivity index (χ4v) is 3.26. The second-order valence-electron chi connectivity index (χ2n) is 6.77. The number of rotatable bonds is 3. The van der Waals surface area contributed by atoms with Crippen LogP contribution in [0.5, 0.6) is 0 Å². The smallest absolute Gasteiger partial charge is 0.323 e. The van der Waals surface area contributed by atoms with Crippen molar-refractivity contribution in [1.29, 1.82) is 0 Å². The average Bonchev–Trinajstić information content (AvgIpc) is 3.18. The Morgan fingerprint density at radius 1 is 1.00 bits per heavy atom. The third-order valence-corrected chi connectivity index (χ3v) is 4.86. The lowest BCUT2D eigenvalue weighted by molar-refractivity contribution is 0.208. The predicted octanol–water partition coefficient (Wildman–Crippen LogP) is 3.74. The molecule has 2 heterocycles. The highest BCUT2D eigenvalue weighted by Crippen LogP contribution is 2.21. The summed E-state index contributed by atoms with van der Waals surface area (Å²) in [5, 5.41) is 10.1. The van der Waals surface area contributed by atoms with Crippen LogP contribution in [0.2, 0.25) is 0 Å². The van der Waals surface area contributed by atoms with E-state index in [0.717, 1.165) is 24.3 Å². The maximum atomic E-state index is 12.5. The SMILES string of the molecule is Cc1ccc(-c2cc(NC(=O)N3CCN(c4ccccc4)CC3)n[nH]2)cc1. The van der Waals surface area contributed by atoms with E-state index in [0.29, 0.717) is 18.9 Å². The normalized spacial score (nSPS) is 14.3. The summed E-state index contributed by atoms with van der Waals surface area (Å²) in [7, 11) is 0. The Balaban J connectivity index is 1.34. The van der Waals surface area contributed by atoms with Crippen molar-refractivity contribution in [3.05, 3.63) is 66.2 Å². The number of nitrogens with zero attached hydrogens (tertiary/aromatic N) is 3. The van der Waals surface area contributed by atoms with Crippen molar-refractivity contribution in [3.63, 3.8) is 0 Å². The molecule has 0 aliphatic carbocycles. The van der Waals surface area contributed by atoms with Crippen molar-refractivity contribution in [2.45, 2.75) is 6.92 Å². The zero-order chi connectivity index (χ0) is 18.6. The Morgan fingerprint density at radius 3 is 2.41 bits per heavy atom. The number of hydrogen-bond donors (Lipinski definition) is 2. The Hall–Kier alpha value is -3.28. The Morgan fingerprint density at radius 2 is 1.70 bits per heavy atom. The Bertz CT molecular complexity index is 896. The van der Waals surface area contributed by atoms with Crippen LogP contribution in [0, 0.1) is 6.92 Å². The molecule has 0 radical (unpaired) electrons. The lowest BCUT2D eigenvalue weighted by atomic mass is 10.1. The van der Waals surface area contributed by atoms with Gasteiger partial charge in [-0.05, 0) is 24.6 Å². The van der Waals surface area contributed by atoms with E-state index in [1.54, 1.807) is 0 Å². The van der Waals surface area contributed by atoms with Crippen molar-refractivity contribution in [2.24, 2.45) is 0 Å². The number of H-pyrrole nitrogens is 1. The summed E-state index contributed by atoms with van der Waals surface area (Å²) in [6, 6.07) is 20.2. The number of para-hydroxylation sites is 1. The molecule has 1 aliphatic heterocycles. The fraction of sp³-hybridized carbons (Fsp3) is 0.238. The molecule has 6 heteroatoms. The number of anilines is 2. The van der Waals surface area contributed by atoms with E-state index in [2.05, 4.69) is 51.6 Å². The van der Waals surface area contributed by atoms with Gasteiger partial charge in [-0.1, -0.05) is 48.0 Å². The molecule has 1 fully saturated rings. The second kappa shape index (κ2) is 7.53. The van der Waals surface area contributed by atoms with E-state index in [1.165, 1.54) is 11.3 Å². The van der Waals surface area contributed by atoms with Gasteiger partial charge in [-0.2, -0.15) is 5.10 Å². The van der Waals surface area contributed by atoms with Gasteiger partial charge in [-0.15, -0.1) is 0 Å². The molecule has 6 nitrogen and oxygen atoms in total. The van der Waals surface area contributed by atoms with Crippen LogP contribution in [0.3, 0.4) is 0 Å². The number of carbonyl (C=O) groups excluding carboxylic acids is 1. The molecule has 0 atom stereocenters. The molecule has 0 spiro atoms. The molecular weight excluding hydrogens is 338 g/mol. The third-order valence-electron chi connectivity index (χ3n) is 4.86. The molecule has 0 bridgehead atoms. The van der Waals surface area contributed by atoms with Crippen LogP contribution < -0.4 is 10.2 Å². The van der Waals surface area contributed by atoms with Gasteiger partial charge in [0, 0.05) is 37.9 Å². The first-order chi connectivity index (χ1) is 13.2. The van der Waals surface area contributed by atoms with Gasteiger partial charge in [0.05, 0.1) is 5.69 Å². The molecule has 0 saturated carbocycles. The molecule has 0 unspecified atom stereocenters. The van der Waals surface area contributed by atoms with Crippen LogP contribution in [-0.4, -0.2) is 47.3 Å². The van der Waals surface area contributed by atoms with Gasteiger partial charge in [0.25, 0.3) is 0 Å². The van der Waals surface area contributed by atoms with E-state index in [9.17, 15) is 4.79 Å². The second-order valence-corrected chi connectivity index (χ2v) is 6.77. The quantitative estimate of drug-likeness (QED) is 0.747. The summed E-state index contributed by atoms with van der Waals surface area (Å²) in [5.74, 6) is 0.543. The van der Waals surface area contributed by atoms with Crippen LogP contribution in [0.25, 0.3) is 11.3 Å². The van der Waals surface area contributed by atoms with Crippen molar-refractivity contribution in [1.82, 2.24) is 15.1 Å². The summed E-state index contributed by atoms with van der Waals surface area (Å²) in [6.45, 7) is 5.09. The molecule has 2 amide bonds. The van der Waals surface area contributed by atoms with Crippen LogP contribution >= 0.6 is 0 Å². The first-order valence-electron chi connectivity index (χ1n) is 9.17. The summed E-state index contributed by atoms with van der Waals surface area (Å²) < 4.78 is 0. The van der Waals surface area contributed by atoms with E-state index in [1.807, 2.05) is 41.3 Å². The zero-order valence-corrected chi connectivity index (χ0v) is 15.4. The van der Waals surface area contributed by atoms with Gasteiger partial charge >= 0.3 is 6.03 Å². The van der Waals surface area contributed by atoms with Crippen LogP contribution in [0.4, 0.5) is 16.3 Å². The number of amides is 2. The third kappa shape index (κ3) is 3.95. The number of carbonyl (C=O) groups is 1. The minimum Gasteiger partial charge on any atom is -0.368 e. The number of urea groups is 1. The molecule has 4 rings (SSSR count). The minimum absolute atomic E-state index is 0.107. The predicted molar refractivity (Wildman–Crippen MR) is 108 cm³/mol. The summed E-state index contributed by atoms with van der Waals surface area (Å²) >= 11 is 0. The van der Waals surface area contributed by atoms with Gasteiger partial charge in [0.1, 0.15) is 0 Å². The lowest BCUT2D eigenvalue weighted by Gasteiger charge is -2.35. The molecule has 2 aromatic carbocycles. The number of hydrogen-bond acceptors (Lipinski definition) is 3. The molecule has 2 N–H and O–H groups in total. The van der Waals surface area contributed by atoms with Crippen molar-refractivity contribution >= 4 is 17.5 Å². The van der Waals surface area contributed by atoms with Gasteiger partial charge in [-0.25, -0.2) is 4.79 Å². The molecule has 1 aliphatic rings. The number of aromatic amines is 1. The van der Waals surface area contributed by atoms with Gasteiger partial charge in [0.15, 0.2) is 5.82 Å². The number of benzene rings is 2. The Labute approximate surface area is 158 Å². The standard InChI is InChI=1S/C21H23N5O/c1-16-7-9-17(10-8-16)19-15-20(24-23-19)22-21(27)26-13-11-25(12-14-26)18-5-3-2-4-6-18/h2-10,15H,11-14H2,1H3,(H2,22,23,24,27). The van der Waals surface area contributed by atoms with Crippen molar-refractivity contribution < 1.29 is 4.79 Å². The maximum Gasteiger partial charge on any atom is 0.323 e. The largest absolute Gasteiger partial charge is 0.368 e. The molecule has 1 aromatic heterocycles. The summed E-state index contributed by atoms with van der Waals surface area (Å²) in [5.41, 5.74) is 4.35. The van der Waals surface area contributed by atoms with E-state index >= 15 is 0 Å². The van der Waals surface area contributed by atoms with Crippen LogP contribution in [0.1, 0.15) is 5.56 Å². The number of nitrogens with one attached hydrogen (secondary N) is 2. The van der Waals surface area contributed by atoms with E-state index < -0.39 is 0 Å². The van der Waals surface area contributed by atoms with Gasteiger partial charge < -0.3 is 9.80 Å². The summed E-state index contributed by atoms with van der Waals surface area (Å²) in [6.07, 6.45) is 0. The van der Waals surface area contributed by atoms with E-state index in [-0.39, 0.29) is 6.03 Å². The number of aryl methyl sites for hydroxylation is 1. The topological polar surface area (TPSA) is 64.3 Å². The lowest BCUT2D eigenvalue weighted by Crippen LogP contribution is -2.50. The molecule has 1 saturated heterocycles. The highest BCUT2D eigenvalue weighted by atomic mass is 16.2. The van der Waals surface area contributed by atoms with E-state index in [4.69, 9.17) is 0 Å². The first-order valence-corrected chi connectivity index (χ1v) is 9.17. The fourth-order valence-electron chi connectivity index (χ4n) is 3.26. The van der Waals surface area contributed by atoms with Gasteiger partial charge in [-0.3, -0.25) is 10.4 Å². The van der Waals surface area contributed by atoms with Crippen molar-refractivity contribution in [3.8, 4) is 11.3 Å². The average molecular weight is 361 g/mol. The molecule has 138 valence electrons. The molecular formula is C21H23N5O.